The number of amides is 4. The molecule has 0 aromatic carbocycles. The van der Waals surface area contributed by atoms with Crippen LogP contribution < -0.4 is 10.6 Å². The van der Waals surface area contributed by atoms with E-state index in [-0.39, 0.29) is 11.3 Å². The van der Waals surface area contributed by atoms with Gasteiger partial charge in [-0.15, -0.1) is 11.3 Å². The van der Waals surface area contributed by atoms with E-state index in [1.165, 1.54) is 12.1 Å². The molecule has 0 bridgehead atoms. The molecule has 2 rings (SSSR count). The highest BCUT2D eigenvalue weighted by Crippen LogP contribution is 2.32. The fourth-order valence-corrected chi connectivity index (χ4v) is 3.05. The third-order valence-electron chi connectivity index (χ3n) is 2.99. The Kier molecular flexibility index (Phi) is 4.66. The van der Waals surface area contributed by atoms with E-state index in [0.717, 1.165) is 24.2 Å². The molecule has 1 aliphatic heterocycles. The van der Waals surface area contributed by atoms with Crippen LogP contribution >= 0.6 is 11.3 Å². The maximum Gasteiger partial charge on any atom is 0.328 e. The molecule has 22 heavy (non-hydrogen) atoms. The first-order valence-corrected chi connectivity index (χ1v) is 7.39. The summed E-state index contributed by atoms with van der Waals surface area (Å²) in [5.41, 5.74) is -0.268. The molecule has 0 unspecified atom stereocenters. The fourth-order valence-electron chi connectivity index (χ4n) is 1.93. The second-order valence-electron chi connectivity index (χ2n) is 4.61. The van der Waals surface area contributed by atoms with Crippen molar-refractivity contribution >= 4 is 40.9 Å². The molecule has 1 aliphatic rings. The van der Waals surface area contributed by atoms with Crippen molar-refractivity contribution < 1.29 is 19.3 Å². The molecular formula is C13H13N3O5S. The van der Waals surface area contributed by atoms with Crippen molar-refractivity contribution in [3.05, 3.63) is 31.5 Å². The van der Waals surface area contributed by atoms with Crippen LogP contribution in [0.1, 0.15) is 29.5 Å². The highest BCUT2D eigenvalue weighted by molar-refractivity contribution is 7.13. The van der Waals surface area contributed by atoms with Gasteiger partial charge in [-0.1, -0.05) is 13.3 Å². The molecule has 4 amide bonds. The molecule has 2 N–H and O–H groups in total. The number of unbranched alkanes of at least 4 members (excludes halogenated alkanes) is 1. The summed E-state index contributed by atoms with van der Waals surface area (Å²) in [5, 5.41) is 15.0. The quantitative estimate of drug-likeness (QED) is 0.370. The standard InChI is InChI=1S/C13H13N3O5S/c1-2-3-4-10-9(16(20)21)6-7(22-10)5-8-11(17)14-13(19)15-12(8)18/h5-6H,2-4H2,1H3,(H2,14,15,17,18,19). The number of rotatable bonds is 5. The molecule has 1 aromatic rings. The Morgan fingerprint density at radius 2 is 1.91 bits per heavy atom. The van der Waals surface area contributed by atoms with E-state index in [9.17, 15) is 24.5 Å². The van der Waals surface area contributed by atoms with Gasteiger partial charge in [0.1, 0.15) is 5.57 Å². The number of imide groups is 2. The monoisotopic (exact) mass is 323 g/mol. The molecule has 116 valence electrons. The number of nitro groups is 1. The predicted octanol–water partition coefficient (Wildman–Crippen LogP) is 1.75. The Morgan fingerprint density at radius 3 is 2.45 bits per heavy atom. The van der Waals surface area contributed by atoms with Gasteiger partial charge in [0, 0.05) is 10.9 Å². The topological polar surface area (TPSA) is 118 Å². The number of aryl methyl sites for hydroxylation is 1. The molecule has 0 atom stereocenters. The van der Waals surface area contributed by atoms with Gasteiger partial charge >= 0.3 is 6.03 Å². The lowest BCUT2D eigenvalue weighted by Crippen LogP contribution is -2.51. The largest absolute Gasteiger partial charge is 0.328 e. The smallest absolute Gasteiger partial charge is 0.273 e. The first-order chi connectivity index (χ1) is 10.4. The van der Waals surface area contributed by atoms with E-state index in [4.69, 9.17) is 0 Å². The normalized spacial score (nSPS) is 14.6. The molecule has 0 spiro atoms. The van der Waals surface area contributed by atoms with E-state index >= 15 is 0 Å². The van der Waals surface area contributed by atoms with Crippen LogP contribution in [0.15, 0.2) is 11.6 Å². The van der Waals surface area contributed by atoms with Crippen molar-refractivity contribution in [1.82, 2.24) is 10.6 Å². The average Bonchev–Trinajstić information content (AvgIpc) is 2.83. The van der Waals surface area contributed by atoms with Crippen LogP contribution in [0.25, 0.3) is 6.08 Å². The van der Waals surface area contributed by atoms with Crippen molar-refractivity contribution in [3.63, 3.8) is 0 Å². The van der Waals surface area contributed by atoms with Crippen LogP contribution in [0, 0.1) is 10.1 Å². The molecule has 8 nitrogen and oxygen atoms in total. The van der Waals surface area contributed by atoms with Gasteiger partial charge in [0.15, 0.2) is 0 Å². The third kappa shape index (κ3) is 3.37. The van der Waals surface area contributed by atoms with Gasteiger partial charge in [-0.2, -0.15) is 0 Å². The van der Waals surface area contributed by atoms with Gasteiger partial charge in [-0.05, 0) is 18.9 Å². The Bertz CT molecular complexity index is 670. The van der Waals surface area contributed by atoms with Crippen LogP contribution in [0.3, 0.4) is 0 Å². The van der Waals surface area contributed by atoms with E-state index in [0.29, 0.717) is 16.2 Å². The second-order valence-corrected chi connectivity index (χ2v) is 5.78. The number of hydrogen-bond donors (Lipinski definition) is 2. The zero-order valence-electron chi connectivity index (χ0n) is 11.7. The maximum absolute atomic E-state index is 11.6. The summed E-state index contributed by atoms with van der Waals surface area (Å²) in [7, 11) is 0. The number of urea groups is 1. The van der Waals surface area contributed by atoms with Gasteiger partial charge in [0.25, 0.3) is 17.5 Å². The summed E-state index contributed by atoms with van der Waals surface area (Å²) in [6.07, 6.45) is 3.53. The molecule has 0 aliphatic carbocycles. The van der Waals surface area contributed by atoms with Crippen LogP contribution in [0.2, 0.25) is 0 Å². The van der Waals surface area contributed by atoms with E-state index < -0.39 is 22.8 Å². The van der Waals surface area contributed by atoms with Crippen molar-refractivity contribution in [1.29, 1.82) is 0 Å². The van der Waals surface area contributed by atoms with Crippen LogP contribution in [-0.4, -0.2) is 22.8 Å². The number of barbiturate groups is 1. The average molecular weight is 323 g/mol. The fraction of sp³-hybridized carbons (Fsp3) is 0.308. The SMILES string of the molecule is CCCCc1sc(C=C2C(=O)NC(=O)NC2=O)cc1[N+](=O)[O-]. The molecular weight excluding hydrogens is 310 g/mol. The molecule has 0 radical (unpaired) electrons. The van der Waals surface area contributed by atoms with Crippen molar-refractivity contribution in [3.8, 4) is 0 Å². The minimum atomic E-state index is -0.882. The van der Waals surface area contributed by atoms with E-state index in [1.54, 1.807) is 0 Å². The second kappa shape index (κ2) is 6.48. The van der Waals surface area contributed by atoms with Crippen LogP contribution in [0.5, 0.6) is 0 Å². The molecule has 2 heterocycles. The number of hydrogen-bond acceptors (Lipinski definition) is 6. The summed E-state index contributed by atoms with van der Waals surface area (Å²) in [5.74, 6) is -1.64. The van der Waals surface area contributed by atoms with Gasteiger partial charge < -0.3 is 0 Å². The Labute approximate surface area is 129 Å². The summed E-state index contributed by atoms with van der Waals surface area (Å²) < 4.78 is 0. The summed E-state index contributed by atoms with van der Waals surface area (Å²) >= 11 is 1.16. The first-order valence-electron chi connectivity index (χ1n) is 6.57. The highest BCUT2D eigenvalue weighted by atomic mass is 32.1. The van der Waals surface area contributed by atoms with Gasteiger partial charge in [-0.3, -0.25) is 30.3 Å². The number of nitrogens with one attached hydrogen (secondary N) is 2. The zero-order chi connectivity index (χ0) is 16.3. The van der Waals surface area contributed by atoms with Crippen LogP contribution in [0.4, 0.5) is 10.5 Å². The Morgan fingerprint density at radius 1 is 1.27 bits per heavy atom. The molecule has 0 saturated carbocycles. The van der Waals surface area contributed by atoms with E-state index in [1.807, 2.05) is 17.6 Å². The van der Waals surface area contributed by atoms with Crippen molar-refractivity contribution in [2.45, 2.75) is 26.2 Å². The number of carbonyl (C=O) groups excluding carboxylic acids is 3. The predicted molar refractivity (Wildman–Crippen MR) is 79.2 cm³/mol. The molecule has 1 aromatic heterocycles. The lowest BCUT2D eigenvalue weighted by Gasteiger charge is -2.13. The van der Waals surface area contributed by atoms with Gasteiger partial charge in [-0.25, -0.2) is 4.79 Å². The summed E-state index contributed by atoms with van der Waals surface area (Å²) in [4.78, 5) is 45.8. The Hall–Kier alpha value is -2.55. The molecule has 1 fully saturated rings. The molecule has 9 heteroatoms. The van der Waals surface area contributed by atoms with E-state index in [2.05, 4.69) is 0 Å². The highest BCUT2D eigenvalue weighted by Gasteiger charge is 2.28. The van der Waals surface area contributed by atoms with Crippen LogP contribution in [-0.2, 0) is 16.0 Å². The Balaban J connectivity index is 2.34. The third-order valence-corrected chi connectivity index (χ3v) is 4.12. The zero-order valence-corrected chi connectivity index (χ0v) is 12.5. The van der Waals surface area contributed by atoms with Crippen molar-refractivity contribution in [2.24, 2.45) is 0 Å². The summed E-state index contributed by atoms with van der Waals surface area (Å²) in [6.45, 7) is 1.98. The lowest BCUT2D eigenvalue weighted by molar-refractivity contribution is -0.385. The number of thiophene rings is 1. The summed E-state index contributed by atoms with van der Waals surface area (Å²) in [6, 6.07) is 0.451. The first kappa shape index (κ1) is 15.8. The lowest BCUT2D eigenvalue weighted by atomic mass is 10.1. The van der Waals surface area contributed by atoms with Gasteiger partial charge in [0.2, 0.25) is 0 Å². The van der Waals surface area contributed by atoms with Crippen molar-refractivity contribution in [2.75, 3.05) is 0 Å². The number of carbonyl (C=O) groups is 3. The minimum Gasteiger partial charge on any atom is -0.273 e. The van der Waals surface area contributed by atoms with Gasteiger partial charge in [0.05, 0.1) is 9.80 Å². The number of nitrogens with zero attached hydrogens (tertiary/aromatic N) is 1. The molecule has 1 saturated heterocycles. The maximum atomic E-state index is 11.6. The minimum absolute atomic E-state index is 0.0157.